The van der Waals surface area contributed by atoms with Gasteiger partial charge in [0.05, 0.1) is 0 Å². The number of hydrogen-bond acceptors (Lipinski definition) is 4. The van der Waals surface area contributed by atoms with E-state index < -0.39 is 0 Å². The number of likely N-dealkylation sites (N-methyl/N-ethyl adjacent to an activating group) is 1. The Labute approximate surface area is 92.5 Å². The molecule has 0 radical (unpaired) electrons. The van der Waals surface area contributed by atoms with Gasteiger partial charge in [0.25, 0.3) is 0 Å². The fourth-order valence-corrected chi connectivity index (χ4v) is 0.818. The molecule has 2 unspecified atom stereocenters. The van der Waals surface area contributed by atoms with Gasteiger partial charge in [-0.1, -0.05) is 6.58 Å². The van der Waals surface area contributed by atoms with Gasteiger partial charge in [-0.3, -0.25) is 4.90 Å². The van der Waals surface area contributed by atoms with Gasteiger partial charge < -0.3 is 9.64 Å². The van der Waals surface area contributed by atoms with E-state index in [1.165, 1.54) is 0 Å². The van der Waals surface area contributed by atoms with E-state index >= 15 is 0 Å². The molecule has 0 aromatic heterocycles. The summed E-state index contributed by atoms with van der Waals surface area (Å²) < 4.78 is 5.21. The second-order valence-corrected chi connectivity index (χ2v) is 4.13. The van der Waals surface area contributed by atoms with Crippen LogP contribution in [0.4, 0.5) is 0 Å². The Morgan fingerprint density at radius 3 is 1.93 bits per heavy atom. The second-order valence-electron chi connectivity index (χ2n) is 4.13. The maximum absolute atomic E-state index is 11.6. The number of carbonyl (C=O) groups is 1. The van der Waals surface area contributed by atoms with Crippen LogP contribution in [0.2, 0.25) is 0 Å². The highest BCUT2D eigenvalue weighted by Crippen LogP contribution is 2.08. The minimum absolute atomic E-state index is 0.00753. The Bertz CT molecular complexity index is 237. The van der Waals surface area contributed by atoms with E-state index in [0.29, 0.717) is 5.57 Å². The van der Waals surface area contributed by atoms with Crippen LogP contribution in [0.3, 0.4) is 0 Å². The smallest absolute Gasteiger partial charge is 0.336 e. The predicted octanol–water partition coefficient (Wildman–Crippen LogP) is 0.944. The standard InChI is InChI=1S/C11H22N2O2/c1-8(9(2)12(4)5)11(14)15-10(3)13(6)7/h9-10H,1H2,2-7H3. The quantitative estimate of drug-likeness (QED) is 0.387. The Balaban J connectivity index is 4.28. The van der Waals surface area contributed by atoms with Crippen molar-refractivity contribution in [1.29, 1.82) is 0 Å². The molecule has 15 heavy (non-hydrogen) atoms. The molecule has 0 heterocycles. The molecule has 0 fully saturated rings. The van der Waals surface area contributed by atoms with Gasteiger partial charge in [0.2, 0.25) is 0 Å². The molecular formula is C11H22N2O2. The highest BCUT2D eigenvalue weighted by atomic mass is 16.6. The summed E-state index contributed by atoms with van der Waals surface area (Å²) in [6, 6.07) is -0.00753. The summed E-state index contributed by atoms with van der Waals surface area (Å²) in [7, 11) is 7.52. The molecule has 88 valence electrons. The Morgan fingerprint density at radius 2 is 1.60 bits per heavy atom. The lowest BCUT2D eigenvalue weighted by Crippen LogP contribution is -2.35. The van der Waals surface area contributed by atoms with Crippen LogP contribution < -0.4 is 0 Å². The van der Waals surface area contributed by atoms with Gasteiger partial charge in [-0.25, -0.2) is 4.79 Å². The second kappa shape index (κ2) is 5.88. The first-order valence-electron chi connectivity index (χ1n) is 5.00. The Hall–Kier alpha value is -0.870. The zero-order valence-corrected chi connectivity index (χ0v) is 10.6. The third-order valence-electron chi connectivity index (χ3n) is 2.55. The van der Waals surface area contributed by atoms with Crippen LogP contribution in [-0.2, 0) is 9.53 Å². The molecule has 2 atom stereocenters. The number of nitrogens with zero attached hydrogens (tertiary/aromatic N) is 2. The third-order valence-corrected chi connectivity index (χ3v) is 2.55. The van der Waals surface area contributed by atoms with Gasteiger partial charge in [0.1, 0.15) is 0 Å². The molecular weight excluding hydrogens is 192 g/mol. The lowest BCUT2D eigenvalue weighted by Gasteiger charge is -2.24. The first-order chi connectivity index (χ1) is 6.77. The van der Waals surface area contributed by atoms with Crippen molar-refractivity contribution in [2.75, 3.05) is 28.2 Å². The maximum atomic E-state index is 11.6. The molecule has 0 aromatic rings. The topological polar surface area (TPSA) is 32.8 Å². The van der Waals surface area contributed by atoms with Crippen molar-refractivity contribution in [2.24, 2.45) is 0 Å². The number of carbonyl (C=O) groups excluding carboxylic acids is 1. The summed E-state index contributed by atoms with van der Waals surface area (Å²) in [6.07, 6.45) is -0.233. The molecule has 0 aliphatic carbocycles. The highest BCUT2D eigenvalue weighted by molar-refractivity contribution is 5.89. The van der Waals surface area contributed by atoms with Crippen molar-refractivity contribution in [3.8, 4) is 0 Å². The first kappa shape index (κ1) is 14.1. The lowest BCUT2D eigenvalue weighted by molar-refractivity contribution is -0.151. The van der Waals surface area contributed by atoms with E-state index in [1.54, 1.807) is 0 Å². The van der Waals surface area contributed by atoms with Gasteiger partial charge in [-0.05, 0) is 42.0 Å². The number of hydrogen-bond donors (Lipinski definition) is 0. The van der Waals surface area contributed by atoms with Crippen LogP contribution in [0.1, 0.15) is 13.8 Å². The van der Waals surface area contributed by atoms with Gasteiger partial charge >= 0.3 is 5.97 Å². The van der Waals surface area contributed by atoms with Crippen LogP contribution in [0, 0.1) is 0 Å². The summed E-state index contributed by atoms with van der Waals surface area (Å²) >= 11 is 0. The van der Waals surface area contributed by atoms with Crippen LogP contribution in [-0.4, -0.2) is 56.2 Å². The maximum Gasteiger partial charge on any atom is 0.336 e. The molecule has 0 aliphatic heterocycles. The van der Waals surface area contributed by atoms with E-state index in [0.717, 1.165) is 0 Å². The summed E-state index contributed by atoms with van der Waals surface area (Å²) in [4.78, 5) is 15.4. The van der Waals surface area contributed by atoms with Gasteiger partial charge in [-0.15, -0.1) is 0 Å². The zero-order chi connectivity index (χ0) is 12.2. The minimum Gasteiger partial charge on any atom is -0.443 e. The average Bonchev–Trinajstić information content (AvgIpc) is 2.14. The zero-order valence-electron chi connectivity index (χ0n) is 10.6. The monoisotopic (exact) mass is 214 g/mol. The van der Waals surface area contributed by atoms with E-state index in [1.807, 2.05) is 51.8 Å². The van der Waals surface area contributed by atoms with Crippen LogP contribution in [0.25, 0.3) is 0 Å². The van der Waals surface area contributed by atoms with Gasteiger partial charge in [0.15, 0.2) is 6.23 Å². The molecule has 0 N–H and O–H groups in total. The van der Waals surface area contributed by atoms with E-state index in [-0.39, 0.29) is 18.2 Å². The summed E-state index contributed by atoms with van der Waals surface area (Å²) in [5, 5.41) is 0. The van der Waals surface area contributed by atoms with Crippen molar-refractivity contribution in [1.82, 2.24) is 9.80 Å². The van der Waals surface area contributed by atoms with Crippen molar-refractivity contribution in [3.05, 3.63) is 12.2 Å². The molecule has 0 amide bonds. The number of ether oxygens (including phenoxy) is 1. The molecule has 0 bridgehead atoms. The molecule has 0 saturated heterocycles. The van der Waals surface area contributed by atoms with Crippen LogP contribution in [0.5, 0.6) is 0 Å². The summed E-state index contributed by atoms with van der Waals surface area (Å²) in [5.41, 5.74) is 0.480. The fraction of sp³-hybridized carbons (Fsp3) is 0.727. The SMILES string of the molecule is C=C(C(=O)OC(C)N(C)C)C(C)N(C)C. The predicted molar refractivity (Wildman–Crippen MR) is 61.5 cm³/mol. The molecule has 0 spiro atoms. The average molecular weight is 214 g/mol. The van der Waals surface area contributed by atoms with E-state index in [2.05, 4.69) is 6.58 Å². The first-order valence-corrected chi connectivity index (χ1v) is 5.00. The van der Waals surface area contributed by atoms with E-state index in [4.69, 9.17) is 4.74 Å². The third kappa shape index (κ3) is 4.44. The van der Waals surface area contributed by atoms with E-state index in [9.17, 15) is 4.79 Å². The molecule has 0 aromatic carbocycles. The van der Waals surface area contributed by atoms with Gasteiger partial charge in [0, 0.05) is 11.6 Å². The molecule has 4 heteroatoms. The Kier molecular flexibility index (Phi) is 5.54. The number of esters is 1. The van der Waals surface area contributed by atoms with Crippen molar-refractivity contribution >= 4 is 5.97 Å². The highest BCUT2D eigenvalue weighted by Gasteiger charge is 2.20. The van der Waals surface area contributed by atoms with Crippen molar-refractivity contribution < 1.29 is 9.53 Å². The van der Waals surface area contributed by atoms with Gasteiger partial charge in [-0.2, -0.15) is 0 Å². The molecule has 4 nitrogen and oxygen atoms in total. The van der Waals surface area contributed by atoms with Crippen LogP contribution in [0.15, 0.2) is 12.2 Å². The fourth-order valence-electron chi connectivity index (χ4n) is 0.818. The summed E-state index contributed by atoms with van der Waals surface area (Å²) in [6.45, 7) is 7.50. The lowest BCUT2D eigenvalue weighted by atomic mass is 10.1. The Morgan fingerprint density at radius 1 is 1.13 bits per heavy atom. The molecule has 0 rings (SSSR count). The summed E-state index contributed by atoms with van der Waals surface area (Å²) in [5.74, 6) is -0.336. The minimum atomic E-state index is -0.336. The largest absolute Gasteiger partial charge is 0.443 e. The number of rotatable bonds is 5. The van der Waals surface area contributed by atoms with Crippen molar-refractivity contribution in [3.63, 3.8) is 0 Å². The normalized spacial score (nSPS) is 15.2. The van der Waals surface area contributed by atoms with Crippen LogP contribution >= 0.6 is 0 Å². The molecule has 0 saturated carbocycles. The molecule has 0 aliphatic rings. The van der Waals surface area contributed by atoms with Crippen molar-refractivity contribution in [2.45, 2.75) is 26.1 Å².